The summed E-state index contributed by atoms with van der Waals surface area (Å²) in [6, 6.07) is 72.8. The van der Waals surface area contributed by atoms with E-state index in [4.69, 9.17) is 0 Å². The minimum atomic E-state index is 0.667. The average Bonchev–Trinajstić information content (AvgIpc) is 3.65. The van der Waals surface area contributed by atoms with Crippen LogP contribution in [0.4, 0.5) is 0 Å². The van der Waals surface area contributed by atoms with E-state index in [0.717, 1.165) is 22.4 Å². The molecule has 0 amide bonds. The molecule has 0 bridgehead atoms. The number of benzene rings is 11. The lowest BCUT2D eigenvalue weighted by Gasteiger charge is -2.14. The maximum absolute atomic E-state index is 9.33. The van der Waals surface area contributed by atoms with Crippen LogP contribution in [0.15, 0.2) is 194 Å². The molecule has 0 atom stereocenters. The predicted molar refractivity (Wildman–Crippen MR) is 241 cm³/mol. The maximum Gasteiger partial charge on any atom is 0.0991 e. The third-order valence-electron chi connectivity index (χ3n) is 12.1. The molecule has 0 saturated carbocycles. The quantitative estimate of drug-likeness (QED) is 0.167. The van der Waals surface area contributed by atoms with E-state index in [2.05, 4.69) is 180 Å². The molecule has 1 heterocycles. The van der Waals surface area contributed by atoms with E-state index in [1.807, 2.05) is 24.3 Å². The van der Waals surface area contributed by atoms with Crippen LogP contribution in [0, 0.1) is 11.3 Å². The molecule has 2 heteroatoms. The van der Waals surface area contributed by atoms with Crippen molar-refractivity contribution in [3.8, 4) is 34.0 Å². The molecule has 0 N–H and O–H groups in total. The standard InChI is InChI=1S/C55H32N2/c56-33-34-21-23-35(24-22-34)37-12-10-13-38(31-37)39-26-27-43-46-29-30-50-54(52(46)44-18-7-6-17-42(44)49(43)32-39)53-48-28-25-36-11-4-5-16-41(36)51(48)45-19-8-9-20-47(45)55(53)57(50)40-14-2-1-3-15-40/h1-32H. The van der Waals surface area contributed by atoms with E-state index in [1.165, 1.54) is 92.0 Å². The molecular weight excluding hydrogens is 689 g/mol. The summed E-state index contributed by atoms with van der Waals surface area (Å²) >= 11 is 0. The number of nitrogens with zero attached hydrogens (tertiary/aromatic N) is 2. The summed E-state index contributed by atoms with van der Waals surface area (Å²) in [6.45, 7) is 0. The molecule has 0 aliphatic carbocycles. The van der Waals surface area contributed by atoms with Gasteiger partial charge in [0.25, 0.3) is 0 Å². The second-order valence-electron chi connectivity index (χ2n) is 15.1. The Kier molecular flexibility index (Phi) is 6.73. The molecule has 0 radical (unpaired) electrons. The van der Waals surface area contributed by atoms with Crippen LogP contribution in [0.2, 0.25) is 0 Å². The second kappa shape index (κ2) is 12.1. The van der Waals surface area contributed by atoms with Crippen LogP contribution >= 0.6 is 0 Å². The summed E-state index contributed by atoms with van der Waals surface area (Å²) < 4.78 is 2.50. The maximum atomic E-state index is 9.33. The van der Waals surface area contributed by atoms with Crippen molar-refractivity contribution in [2.75, 3.05) is 0 Å². The monoisotopic (exact) mass is 720 g/mol. The van der Waals surface area contributed by atoms with Gasteiger partial charge >= 0.3 is 0 Å². The molecule has 0 saturated heterocycles. The summed E-state index contributed by atoms with van der Waals surface area (Å²) in [5.74, 6) is 0. The molecule has 57 heavy (non-hydrogen) atoms. The van der Waals surface area contributed by atoms with Gasteiger partial charge in [0, 0.05) is 27.2 Å². The summed E-state index contributed by atoms with van der Waals surface area (Å²) in [7, 11) is 0. The SMILES string of the molecule is N#Cc1ccc(-c2cccc(-c3ccc4c(c3)c3ccccc3c3c4ccc4c3c3c5ccc6ccccc6c5c5ccccc5c3n4-c3ccccc3)c2)cc1. The summed E-state index contributed by atoms with van der Waals surface area (Å²) in [4.78, 5) is 0. The second-order valence-corrected chi connectivity index (χ2v) is 15.1. The van der Waals surface area contributed by atoms with E-state index in [-0.39, 0.29) is 0 Å². The number of aromatic nitrogens is 1. The average molecular weight is 721 g/mol. The fourth-order valence-corrected chi connectivity index (χ4v) is 9.66. The van der Waals surface area contributed by atoms with Gasteiger partial charge in [-0.15, -0.1) is 0 Å². The van der Waals surface area contributed by atoms with E-state index in [0.29, 0.717) is 5.56 Å². The largest absolute Gasteiger partial charge is 0.309 e. The van der Waals surface area contributed by atoms with Gasteiger partial charge < -0.3 is 4.57 Å². The van der Waals surface area contributed by atoms with Crippen LogP contribution in [0.5, 0.6) is 0 Å². The number of para-hydroxylation sites is 1. The highest BCUT2D eigenvalue weighted by molar-refractivity contribution is 6.42. The number of rotatable bonds is 3. The third-order valence-corrected chi connectivity index (χ3v) is 12.1. The van der Waals surface area contributed by atoms with Crippen LogP contribution in [0.3, 0.4) is 0 Å². The van der Waals surface area contributed by atoms with E-state index >= 15 is 0 Å². The number of nitriles is 1. The first-order valence-corrected chi connectivity index (χ1v) is 19.5. The van der Waals surface area contributed by atoms with Gasteiger partial charge in [0.1, 0.15) is 0 Å². The summed E-state index contributed by atoms with van der Waals surface area (Å²) in [5, 5.41) is 27.1. The van der Waals surface area contributed by atoms with Gasteiger partial charge in [-0.1, -0.05) is 152 Å². The van der Waals surface area contributed by atoms with Crippen molar-refractivity contribution in [3.05, 3.63) is 200 Å². The fourth-order valence-electron chi connectivity index (χ4n) is 9.66. The minimum Gasteiger partial charge on any atom is -0.309 e. The molecule has 262 valence electrons. The molecule has 0 unspecified atom stereocenters. The molecule has 12 rings (SSSR count). The normalized spacial score (nSPS) is 11.8. The van der Waals surface area contributed by atoms with Crippen molar-refractivity contribution >= 4 is 86.4 Å². The lowest BCUT2D eigenvalue weighted by Crippen LogP contribution is -1.94. The summed E-state index contributed by atoms with van der Waals surface area (Å²) in [6.07, 6.45) is 0. The van der Waals surface area contributed by atoms with Gasteiger partial charge in [0.15, 0.2) is 0 Å². The Morgan fingerprint density at radius 1 is 0.333 bits per heavy atom. The lowest BCUT2D eigenvalue weighted by molar-refractivity contribution is 1.19. The van der Waals surface area contributed by atoms with Gasteiger partial charge in [0.2, 0.25) is 0 Å². The van der Waals surface area contributed by atoms with Crippen molar-refractivity contribution in [2.24, 2.45) is 0 Å². The first kappa shape index (κ1) is 31.6. The van der Waals surface area contributed by atoms with Crippen LogP contribution < -0.4 is 0 Å². The van der Waals surface area contributed by atoms with Crippen molar-refractivity contribution in [2.45, 2.75) is 0 Å². The van der Waals surface area contributed by atoms with Crippen molar-refractivity contribution in [1.29, 1.82) is 5.26 Å². The van der Waals surface area contributed by atoms with Crippen LogP contribution in [0.25, 0.3) is 114 Å². The first-order valence-electron chi connectivity index (χ1n) is 19.5. The van der Waals surface area contributed by atoms with Gasteiger partial charge in [0.05, 0.1) is 22.7 Å². The third kappa shape index (κ3) is 4.58. The molecule has 1 aromatic heterocycles. The first-order chi connectivity index (χ1) is 28.2. The Hall–Kier alpha value is -7.73. The van der Waals surface area contributed by atoms with Crippen molar-refractivity contribution < 1.29 is 0 Å². The molecule has 0 aliphatic rings. The molecule has 11 aromatic carbocycles. The van der Waals surface area contributed by atoms with Crippen LogP contribution in [-0.2, 0) is 0 Å². The molecule has 2 nitrogen and oxygen atoms in total. The number of hydrogen-bond donors (Lipinski definition) is 0. The molecule has 0 aliphatic heterocycles. The smallest absolute Gasteiger partial charge is 0.0991 e. The molecule has 0 fully saturated rings. The zero-order valence-corrected chi connectivity index (χ0v) is 30.9. The molecular formula is C55H32N2. The van der Waals surface area contributed by atoms with Crippen LogP contribution in [-0.4, -0.2) is 4.57 Å². The Balaban J connectivity index is 1.22. The molecule has 12 aromatic rings. The highest BCUT2D eigenvalue weighted by Crippen LogP contribution is 2.49. The zero-order valence-electron chi connectivity index (χ0n) is 30.9. The number of hydrogen-bond acceptors (Lipinski definition) is 1. The molecule has 0 spiro atoms. The number of fused-ring (bicyclic) bond motifs is 17. The van der Waals surface area contributed by atoms with E-state index < -0.39 is 0 Å². The van der Waals surface area contributed by atoms with Gasteiger partial charge in [-0.05, 0) is 119 Å². The lowest BCUT2D eigenvalue weighted by atomic mass is 9.88. The Labute approximate surface area is 328 Å². The van der Waals surface area contributed by atoms with Gasteiger partial charge in [-0.3, -0.25) is 0 Å². The van der Waals surface area contributed by atoms with Crippen molar-refractivity contribution in [3.63, 3.8) is 0 Å². The zero-order chi connectivity index (χ0) is 37.6. The Morgan fingerprint density at radius 2 is 0.912 bits per heavy atom. The summed E-state index contributed by atoms with van der Waals surface area (Å²) in [5.41, 5.74) is 8.83. The minimum absolute atomic E-state index is 0.667. The highest BCUT2D eigenvalue weighted by Gasteiger charge is 2.23. The Morgan fingerprint density at radius 3 is 1.70 bits per heavy atom. The van der Waals surface area contributed by atoms with E-state index in [9.17, 15) is 5.26 Å². The van der Waals surface area contributed by atoms with Crippen molar-refractivity contribution in [1.82, 2.24) is 4.57 Å². The predicted octanol–water partition coefficient (Wildman–Crippen LogP) is 14.9. The van der Waals surface area contributed by atoms with Gasteiger partial charge in [-0.2, -0.15) is 5.26 Å². The Bertz CT molecular complexity index is 3660. The van der Waals surface area contributed by atoms with Crippen LogP contribution in [0.1, 0.15) is 5.56 Å². The fraction of sp³-hybridized carbons (Fsp3) is 0. The highest BCUT2D eigenvalue weighted by atomic mass is 15.0. The van der Waals surface area contributed by atoms with E-state index in [1.54, 1.807) is 0 Å². The topological polar surface area (TPSA) is 28.7 Å². The van der Waals surface area contributed by atoms with Gasteiger partial charge in [-0.25, -0.2) is 0 Å².